The molecule has 0 atom stereocenters. The van der Waals surface area contributed by atoms with E-state index in [0.717, 1.165) is 19.3 Å². The van der Waals surface area contributed by atoms with Gasteiger partial charge in [0.25, 0.3) is 0 Å². The van der Waals surface area contributed by atoms with E-state index < -0.39 is 0 Å². The SMILES string of the molecule is CC.CNC(=O)CCCCCN=O. The second-order valence-corrected chi connectivity index (χ2v) is 2.34. The molecule has 1 amide bonds. The lowest BCUT2D eigenvalue weighted by Crippen LogP contribution is -2.16. The number of carbonyl (C=O) groups is 1. The van der Waals surface area contributed by atoms with Crippen LogP contribution in [0.4, 0.5) is 0 Å². The Morgan fingerprint density at radius 2 is 1.85 bits per heavy atom. The van der Waals surface area contributed by atoms with Gasteiger partial charge in [0.1, 0.15) is 0 Å². The van der Waals surface area contributed by atoms with E-state index in [9.17, 15) is 9.70 Å². The van der Waals surface area contributed by atoms with Crippen LogP contribution in [0.25, 0.3) is 0 Å². The molecule has 1 N–H and O–H groups in total. The lowest BCUT2D eigenvalue weighted by molar-refractivity contribution is -0.120. The largest absolute Gasteiger partial charge is 0.359 e. The van der Waals surface area contributed by atoms with E-state index in [1.807, 2.05) is 13.8 Å². The Labute approximate surface area is 80.1 Å². The Balaban J connectivity index is 0. The van der Waals surface area contributed by atoms with Crippen LogP contribution < -0.4 is 5.32 Å². The molecule has 0 bridgehead atoms. The molecule has 0 aromatic rings. The molecular formula is C9H20N2O2. The smallest absolute Gasteiger partial charge is 0.219 e. The van der Waals surface area contributed by atoms with Crippen LogP contribution in [-0.2, 0) is 4.79 Å². The number of nitrogens with zero attached hydrogens (tertiary/aromatic N) is 1. The van der Waals surface area contributed by atoms with Gasteiger partial charge < -0.3 is 5.32 Å². The highest BCUT2D eigenvalue weighted by atomic mass is 16.3. The van der Waals surface area contributed by atoms with Crippen molar-refractivity contribution in [1.29, 1.82) is 0 Å². The summed E-state index contributed by atoms with van der Waals surface area (Å²) in [6.45, 7) is 4.37. The van der Waals surface area contributed by atoms with Gasteiger partial charge in [-0.2, -0.15) is 4.91 Å². The van der Waals surface area contributed by atoms with Crippen LogP contribution in [0.3, 0.4) is 0 Å². The standard InChI is InChI=1S/C7H14N2O2.C2H6/c1-8-7(10)5-3-2-4-6-9-11;1-2/h2-6H2,1H3,(H,8,10);1-2H3. The number of hydrogen-bond acceptors (Lipinski definition) is 3. The summed E-state index contributed by atoms with van der Waals surface area (Å²) >= 11 is 0. The predicted molar refractivity (Wildman–Crippen MR) is 54.5 cm³/mol. The van der Waals surface area contributed by atoms with E-state index in [-0.39, 0.29) is 5.91 Å². The Kier molecular flexibility index (Phi) is 15.3. The van der Waals surface area contributed by atoms with Gasteiger partial charge in [0.15, 0.2) is 0 Å². The zero-order chi connectivity index (χ0) is 10.5. The van der Waals surface area contributed by atoms with Crippen molar-refractivity contribution in [2.75, 3.05) is 13.6 Å². The number of nitrogens with one attached hydrogen (secondary N) is 1. The lowest BCUT2D eigenvalue weighted by atomic mass is 10.2. The summed E-state index contributed by atoms with van der Waals surface area (Å²) in [6.07, 6.45) is 3.09. The van der Waals surface area contributed by atoms with Crippen LogP contribution in [-0.4, -0.2) is 19.5 Å². The van der Waals surface area contributed by atoms with Crippen molar-refractivity contribution < 1.29 is 4.79 Å². The zero-order valence-corrected chi connectivity index (χ0v) is 8.80. The van der Waals surface area contributed by atoms with Crippen LogP contribution in [0.2, 0.25) is 0 Å². The molecule has 0 aliphatic rings. The predicted octanol–water partition coefficient (Wildman–Crippen LogP) is 2.09. The number of unbranched alkanes of at least 4 members (excludes halogenated alkanes) is 2. The highest BCUT2D eigenvalue weighted by molar-refractivity contribution is 5.75. The topological polar surface area (TPSA) is 58.5 Å². The van der Waals surface area contributed by atoms with Crippen LogP contribution in [0.1, 0.15) is 39.5 Å². The molecule has 0 unspecified atom stereocenters. The normalized spacial score (nSPS) is 8.23. The van der Waals surface area contributed by atoms with Gasteiger partial charge in [-0.3, -0.25) is 4.79 Å². The number of hydrogen-bond donors (Lipinski definition) is 1. The molecule has 0 rings (SSSR count). The first-order valence-corrected chi connectivity index (χ1v) is 4.81. The Morgan fingerprint density at radius 3 is 2.31 bits per heavy atom. The molecule has 0 saturated carbocycles. The maximum atomic E-state index is 10.6. The van der Waals surface area contributed by atoms with Crippen molar-refractivity contribution in [3.63, 3.8) is 0 Å². The average molecular weight is 188 g/mol. The van der Waals surface area contributed by atoms with Crippen molar-refractivity contribution in [3.8, 4) is 0 Å². The third-order valence-electron chi connectivity index (χ3n) is 1.43. The Morgan fingerprint density at radius 1 is 1.23 bits per heavy atom. The van der Waals surface area contributed by atoms with Gasteiger partial charge in [0, 0.05) is 13.5 Å². The molecule has 0 aliphatic heterocycles. The van der Waals surface area contributed by atoms with E-state index in [0.29, 0.717) is 13.0 Å². The monoisotopic (exact) mass is 188 g/mol. The minimum atomic E-state index is 0.0593. The first kappa shape index (κ1) is 14.6. The van der Waals surface area contributed by atoms with Crippen LogP contribution in [0.5, 0.6) is 0 Å². The summed E-state index contributed by atoms with van der Waals surface area (Å²) in [6, 6.07) is 0. The molecule has 0 spiro atoms. The van der Waals surface area contributed by atoms with Crippen LogP contribution >= 0.6 is 0 Å². The second-order valence-electron chi connectivity index (χ2n) is 2.34. The highest BCUT2D eigenvalue weighted by Gasteiger charge is 1.96. The van der Waals surface area contributed by atoms with E-state index in [2.05, 4.69) is 10.5 Å². The quantitative estimate of drug-likeness (QED) is 0.512. The Hall–Kier alpha value is -0.930. The van der Waals surface area contributed by atoms with Crippen molar-refractivity contribution in [2.45, 2.75) is 39.5 Å². The van der Waals surface area contributed by atoms with Crippen LogP contribution in [0.15, 0.2) is 5.18 Å². The first-order valence-electron chi connectivity index (χ1n) is 4.81. The van der Waals surface area contributed by atoms with Crippen LogP contribution in [0, 0.1) is 4.91 Å². The molecular weight excluding hydrogens is 168 g/mol. The molecule has 0 aromatic carbocycles. The summed E-state index contributed by atoms with van der Waals surface area (Å²) in [4.78, 5) is 20.3. The average Bonchev–Trinajstić information content (AvgIpc) is 2.20. The fourth-order valence-corrected chi connectivity index (χ4v) is 0.764. The summed E-state index contributed by atoms with van der Waals surface area (Å²) in [5, 5.41) is 5.25. The van der Waals surface area contributed by atoms with Crippen molar-refractivity contribution in [2.24, 2.45) is 5.18 Å². The first-order chi connectivity index (χ1) is 6.31. The zero-order valence-electron chi connectivity index (χ0n) is 8.80. The van der Waals surface area contributed by atoms with Crippen molar-refractivity contribution in [1.82, 2.24) is 5.32 Å². The summed E-state index contributed by atoms with van der Waals surface area (Å²) in [5.41, 5.74) is 0. The summed E-state index contributed by atoms with van der Waals surface area (Å²) in [7, 11) is 1.62. The van der Waals surface area contributed by atoms with Gasteiger partial charge in [-0.1, -0.05) is 25.4 Å². The molecule has 4 heteroatoms. The minimum absolute atomic E-state index is 0.0593. The number of rotatable bonds is 6. The van der Waals surface area contributed by atoms with Crippen molar-refractivity contribution >= 4 is 5.91 Å². The maximum Gasteiger partial charge on any atom is 0.219 e. The maximum absolute atomic E-state index is 10.6. The highest BCUT2D eigenvalue weighted by Crippen LogP contribution is 1.99. The van der Waals surface area contributed by atoms with E-state index >= 15 is 0 Å². The number of carbonyl (C=O) groups excluding carboxylic acids is 1. The molecule has 4 nitrogen and oxygen atoms in total. The molecule has 0 aromatic heterocycles. The lowest BCUT2D eigenvalue weighted by Gasteiger charge is -1.97. The van der Waals surface area contributed by atoms with Gasteiger partial charge >= 0.3 is 0 Å². The van der Waals surface area contributed by atoms with Gasteiger partial charge in [-0.15, -0.1) is 0 Å². The molecule has 0 radical (unpaired) electrons. The van der Waals surface area contributed by atoms with E-state index in [4.69, 9.17) is 0 Å². The van der Waals surface area contributed by atoms with E-state index in [1.54, 1.807) is 7.05 Å². The second kappa shape index (κ2) is 13.6. The third-order valence-corrected chi connectivity index (χ3v) is 1.43. The number of amides is 1. The molecule has 13 heavy (non-hydrogen) atoms. The van der Waals surface area contributed by atoms with Gasteiger partial charge in [0.05, 0.1) is 6.54 Å². The van der Waals surface area contributed by atoms with Gasteiger partial charge in [-0.05, 0) is 12.8 Å². The molecule has 0 fully saturated rings. The Bertz CT molecular complexity index is 127. The summed E-state index contributed by atoms with van der Waals surface area (Å²) in [5.74, 6) is 0.0593. The molecule has 0 saturated heterocycles. The molecule has 0 aliphatic carbocycles. The minimum Gasteiger partial charge on any atom is -0.359 e. The number of nitroso groups, excluding NO2 is 1. The fourth-order valence-electron chi connectivity index (χ4n) is 0.764. The van der Waals surface area contributed by atoms with Crippen molar-refractivity contribution in [3.05, 3.63) is 4.91 Å². The summed E-state index contributed by atoms with van der Waals surface area (Å²) < 4.78 is 0. The molecule has 0 heterocycles. The third kappa shape index (κ3) is 14.0. The fraction of sp³-hybridized carbons (Fsp3) is 0.889. The van der Waals surface area contributed by atoms with Gasteiger partial charge in [0.2, 0.25) is 5.91 Å². The van der Waals surface area contributed by atoms with Gasteiger partial charge in [-0.25, -0.2) is 0 Å². The molecule has 78 valence electrons. The van der Waals surface area contributed by atoms with E-state index in [1.165, 1.54) is 0 Å².